The summed E-state index contributed by atoms with van der Waals surface area (Å²) in [5.74, 6) is -1.91. The predicted octanol–water partition coefficient (Wildman–Crippen LogP) is 9.74. The van der Waals surface area contributed by atoms with Crippen LogP contribution in [0.25, 0.3) is 0 Å². The van der Waals surface area contributed by atoms with E-state index in [-0.39, 0.29) is 77.4 Å². The summed E-state index contributed by atoms with van der Waals surface area (Å²) in [5, 5.41) is 0. The molecule has 0 amide bonds. The Labute approximate surface area is 377 Å². The zero-order valence-electron chi connectivity index (χ0n) is 39.3. The van der Waals surface area contributed by atoms with E-state index in [1.54, 1.807) is 11.8 Å². The SMILES string of the molecule is Cc1oc(=O)oc1COC(=O)C[C@@]1(C)[C@@H]2CC[C@]3(C)[C@H](C(=O)C=C4[C@@H]5C[C@@](C)(C(=O)OC(c6ccccc6)c6ccccc6)CC[C@]5(C)CC[C@]43C)[C@@]2(C)CC[C@@H]1OC(=O)CN(C)C. The second kappa shape index (κ2) is 16.6. The summed E-state index contributed by atoms with van der Waals surface area (Å²) in [5.41, 5.74) is 0.0894. The fraction of sp³-hybridized carbons (Fsp3) is 0.604. The van der Waals surface area contributed by atoms with Crippen molar-refractivity contribution in [3.63, 3.8) is 0 Å². The van der Waals surface area contributed by atoms with Crippen molar-refractivity contribution < 1.29 is 42.2 Å². The molecule has 2 aromatic carbocycles. The highest BCUT2D eigenvalue weighted by Crippen LogP contribution is 2.75. The lowest BCUT2D eigenvalue weighted by Gasteiger charge is -2.70. The minimum atomic E-state index is -0.863. The molecule has 0 saturated heterocycles. The zero-order chi connectivity index (χ0) is 46.0. The molecule has 64 heavy (non-hydrogen) atoms. The Bertz CT molecular complexity index is 2330. The largest absolute Gasteiger partial charge is 0.519 e. The number of carbonyl (C=O) groups excluding carboxylic acids is 4. The predicted molar refractivity (Wildman–Crippen MR) is 239 cm³/mol. The first-order valence-electron chi connectivity index (χ1n) is 23.3. The monoisotopic (exact) mass is 877 g/mol. The average molecular weight is 878 g/mol. The molecule has 3 aromatic rings. The second-order valence-corrected chi connectivity index (χ2v) is 21.9. The second-order valence-electron chi connectivity index (χ2n) is 21.9. The number of hydrogen-bond donors (Lipinski definition) is 0. The third kappa shape index (κ3) is 7.71. The third-order valence-corrected chi connectivity index (χ3v) is 17.7. The normalized spacial score (nSPS) is 35.6. The molecule has 0 spiro atoms. The van der Waals surface area contributed by atoms with E-state index in [1.807, 2.05) is 87.8 Å². The van der Waals surface area contributed by atoms with Crippen molar-refractivity contribution in [2.24, 2.45) is 50.2 Å². The molecule has 4 saturated carbocycles. The van der Waals surface area contributed by atoms with Crippen molar-refractivity contribution in [2.75, 3.05) is 20.6 Å². The van der Waals surface area contributed by atoms with Crippen molar-refractivity contribution in [1.82, 2.24) is 4.90 Å². The lowest BCUT2D eigenvalue weighted by molar-refractivity contribution is -0.218. The maximum Gasteiger partial charge on any atom is 0.519 e. The number of aryl methyl sites for hydroxylation is 1. The van der Waals surface area contributed by atoms with Crippen LogP contribution in [0.5, 0.6) is 0 Å². The number of fused-ring (bicyclic) bond motifs is 7. The van der Waals surface area contributed by atoms with E-state index in [4.69, 9.17) is 23.0 Å². The molecule has 4 fully saturated rings. The molecule has 11 heteroatoms. The number of likely N-dealkylation sites (N-methyl/N-ethyl adjacent to an activating group) is 1. The topological polar surface area (TPSA) is 143 Å². The fourth-order valence-electron chi connectivity index (χ4n) is 13.9. The first kappa shape index (κ1) is 45.8. The van der Waals surface area contributed by atoms with Gasteiger partial charge < -0.3 is 23.0 Å². The van der Waals surface area contributed by atoms with Crippen LogP contribution in [-0.4, -0.2) is 55.3 Å². The van der Waals surface area contributed by atoms with E-state index >= 15 is 4.79 Å². The fourth-order valence-corrected chi connectivity index (χ4v) is 13.9. The van der Waals surface area contributed by atoms with Gasteiger partial charge in [0.25, 0.3) is 0 Å². The molecule has 0 aliphatic heterocycles. The van der Waals surface area contributed by atoms with Gasteiger partial charge in [-0.15, -0.1) is 0 Å². The van der Waals surface area contributed by atoms with Gasteiger partial charge in [0.1, 0.15) is 6.10 Å². The van der Waals surface area contributed by atoms with Gasteiger partial charge in [0.05, 0.1) is 18.4 Å². The molecule has 0 unspecified atom stereocenters. The van der Waals surface area contributed by atoms with Gasteiger partial charge in [-0.1, -0.05) is 101 Å². The number of ketones is 1. The van der Waals surface area contributed by atoms with Crippen molar-refractivity contribution in [3.05, 3.63) is 106 Å². The van der Waals surface area contributed by atoms with Gasteiger partial charge >= 0.3 is 23.7 Å². The van der Waals surface area contributed by atoms with E-state index in [1.165, 1.54) is 5.57 Å². The highest BCUT2D eigenvalue weighted by molar-refractivity contribution is 5.96. The molecule has 11 nitrogen and oxygen atoms in total. The van der Waals surface area contributed by atoms with Crippen LogP contribution in [0.15, 0.2) is 85.9 Å². The first-order chi connectivity index (χ1) is 30.2. The summed E-state index contributed by atoms with van der Waals surface area (Å²) in [6.45, 7) is 14.8. The number of benzene rings is 2. The van der Waals surface area contributed by atoms with E-state index < -0.39 is 45.7 Å². The molecule has 1 heterocycles. The highest BCUT2D eigenvalue weighted by atomic mass is 16.6. The molecule has 0 N–H and O–H groups in total. The number of rotatable bonds is 11. The lowest BCUT2D eigenvalue weighted by atomic mass is 9.33. The van der Waals surface area contributed by atoms with Crippen LogP contribution in [0.3, 0.4) is 0 Å². The van der Waals surface area contributed by atoms with Gasteiger partial charge in [0.15, 0.2) is 30.0 Å². The number of ether oxygens (including phenoxy) is 3. The summed E-state index contributed by atoms with van der Waals surface area (Å²) < 4.78 is 28.6. The minimum Gasteiger partial charge on any atom is -0.461 e. The Morgan fingerprint density at radius 2 is 1.44 bits per heavy atom. The van der Waals surface area contributed by atoms with Crippen LogP contribution in [0.2, 0.25) is 0 Å². The minimum absolute atomic E-state index is 0.0203. The van der Waals surface area contributed by atoms with Crippen molar-refractivity contribution in [3.8, 4) is 0 Å². The summed E-state index contributed by atoms with van der Waals surface area (Å²) >= 11 is 0. The molecule has 1 aromatic heterocycles. The van der Waals surface area contributed by atoms with E-state index in [0.29, 0.717) is 25.7 Å². The smallest absolute Gasteiger partial charge is 0.461 e. The summed E-state index contributed by atoms with van der Waals surface area (Å²) in [7, 11) is 3.62. The number of esters is 3. The molecule has 344 valence electrons. The number of hydrogen-bond acceptors (Lipinski definition) is 11. The summed E-state index contributed by atoms with van der Waals surface area (Å²) in [4.78, 5) is 70.7. The van der Waals surface area contributed by atoms with Crippen LogP contribution in [0.4, 0.5) is 0 Å². The van der Waals surface area contributed by atoms with E-state index in [2.05, 4.69) is 34.6 Å². The quantitative estimate of drug-likeness (QED) is 0.134. The van der Waals surface area contributed by atoms with Gasteiger partial charge in [-0.25, -0.2) is 4.79 Å². The molecule has 10 atom stereocenters. The van der Waals surface area contributed by atoms with Crippen LogP contribution >= 0.6 is 0 Å². The van der Waals surface area contributed by atoms with Crippen LogP contribution < -0.4 is 5.82 Å². The highest BCUT2D eigenvalue weighted by Gasteiger charge is 2.71. The first-order valence-corrected chi connectivity index (χ1v) is 23.3. The van der Waals surface area contributed by atoms with Crippen LogP contribution in [0.1, 0.15) is 135 Å². The van der Waals surface area contributed by atoms with Crippen molar-refractivity contribution in [2.45, 2.75) is 131 Å². The molecule has 0 radical (unpaired) electrons. The lowest BCUT2D eigenvalue weighted by Crippen LogP contribution is -2.67. The molecule has 8 rings (SSSR count). The summed E-state index contributed by atoms with van der Waals surface area (Å²) in [6, 6.07) is 19.8. The van der Waals surface area contributed by atoms with Gasteiger partial charge in [0.2, 0.25) is 0 Å². The van der Waals surface area contributed by atoms with Gasteiger partial charge in [0, 0.05) is 11.3 Å². The number of nitrogens with zero attached hydrogens (tertiary/aromatic N) is 1. The van der Waals surface area contributed by atoms with Gasteiger partial charge in [-0.2, -0.15) is 0 Å². The van der Waals surface area contributed by atoms with Crippen molar-refractivity contribution in [1.29, 1.82) is 0 Å². The number of carbonyl (C=O) groups is 4. The third-order valence-electron chi connectivity index (χ3n) is 17.7. The van der Waals surface area contributed by atoms with Crippen LogP contribution in [-0.2, 0) is 40.0 Å². The standard InChI is InChI=1S/C53H67NO10/c1-33-39(62-47(59)61-33)32-60-42(56)30-51(5)40-20-23-53(7)45(50(40,4)22-21-41(51)63-43(57)31-54(8)9)38(55)28-36-37-29-49(3,25-24-48(37,2)26-27-52(36,53)6)46(58)64-44(34-16-12-10-13-17-34)35-18-14-11-15-19-35/h10-19,28,37,40-41,44-45H,20-27,29-32H2,1-9H3/t37-,40+,41-,45+,48+,49-,50-,51-,52+,53+/m0/s1. The van der Waals surface area contributed by atoms with E-state index in [9.17, 15) is 19.2 Å². The van der Waals surface area contributed by atoms with Gasteiger partial charge in [-0.3, -0.25) is 24.1 Å². The Hall–Kier alpha value is -4.77. The average Bonchev–Trinajstić information content (AvgIpc) is 3.57. The Morgan fingerprint density at radius 3 is 2.05 bits per heavy atom. The number of allylic oxidation sites excluding steroid dienone is 2. The Morgan fingerprint density at radius 1 is 0.797 bits per heavy atom. The molecular weight excluding hydrogens is 811 g/mol. The molecule has 5 aliphatic rings. The summed E-state index contributed by atoms with van der Waals surface area (Å²) in [6.07, 6.45) is 7.57. The van der Waals surface area contributed by atoms with Crippen molar-refractivity contribution >= 4 is 23.7 Å². The Balaban J connectivity index is 1.10. The molecular formula is C53H67NO10. The van der Waals surface area contributed by atoms with Crippen LogP contribution in [0, 0.1) is 57.2 Å². The van der Waals surface area contributed by atoms with Gasteiger partial charge in [-0.05, 0) is 136 Å². The van der Waals surface area contributed by atoms with E-state index in [0.717, 1.165) is 43.2 Å². The molecule has 5 aliphatic carbocycles. The molecule has 0 bridgehead atoms. The zero-order valence-corrected chi connectivity index (χ0v) is 39.3. The Kier molecular flexibility index (Phi) is 11.9. The maximum absolute atomic E-state index is 15.3. The maximum atomic E-state index is 15.3.